The Bertz CT molecular complexity index is 38.5. The van der Waals surface area contributed by atoms with Gasteiger partial charge in [-0.3, -0.25) is 6.29 Å². The summed E-state index contributed by atoms with van der Waals surface area (Å²) >= 11 is 4.74. The molecule has 0 N–H and O–H groups in total. The van der Waals surface area contributed by atoms with Crippen molar-refractivity contribution >= 4 is 46.2 Å². The maximum absolute atomic E-state index is 9.05. The van der Waals surface area contributed by atoms with Crippen LogP contribution in [0.3, 0.4) is 0 Å². The Kier molecular flexibility index (Phi) is 47.7. The van der Waals surface area contributed by atoms with E-state index in [2.05, 4.69) is 40.0 Å². The second-order valence-electron chi connectivity index (χ2n) is 0.562. The van der Waals surface area contributed by atoms with Crippen molar-refractivity contribution in [3.63, 3.8) is 0 Å². The van der Waals surface area contributed by atoms with Gasteiger partial charge in [0, 0.05) is 21.1 Å². The van der Waals surface area contributed by atoms with E-state index >= 15 is 0 Å². The van der Waals surface area contributed by atoms with Crippen molar-refractivity contribution in [1.82, 2.24) is 0 Å². The average molecular weight is 546 g/mol. The molecule has 0 unspecified atom stereocenters. The molecule has 0 aliphatic heterocycles. The smallest absolute Gasteiger partial charge is 0 e. The molecule has 0 heterocycles. The summed E-state index contributed by atoms with van der Waals surface area (Å²) in [6, 6.07) is 0. The molecular weight excluding hydrogens is 541 g/mol. The molecule has 0 saturated carbocycles. The van der Waals surface area contributed by atoms with Gasteiger partial charge >= 0.3 is 49.4 Å². The van der Waals surface area contributed by atoms with Crippen LogP contribution in [0.15, 0.2) is 0 Å². The van der Waals surface area contributed by atoms with Gasteiger partial charge in [0.1, 0.15) is 0 Å². The first-order chi connectivity index (χ1) is 3.33. The molecule has 8 heavy (non-hydrogen) atoms. The van der Waals surface area contributed by atoms with E-state index in [-0.39, 0.29) is 21.1 Å². The van der Waals surface area contributed by atoms with Gasteiger partial charge in [0.25, 0.3) is 0 Å². The third kappa shape index (κ3) is 39.8. The molecule has 0 atom stereocenters. The quantitative estimate of drug-likeness (QED) is 0.365. The zero-order valence-corrected chi connectivity index (χ0v) is 12.9. The van der Waals surface area contributed by atoms with E-state index in [0.717, 1.165) is 0 Å². The van der Waals surface area contributed by atoms with Crippen LogP contribution < -0.4 is 0 Å². The van der Waals surface area contributed by atoms with Crippen LogP contribution >= 0.6 is 40.0 Å². The Labute approximate surface area is 93.2 Å². The first kappa shape index (κ1) is 16.8. The second-order valence-corrected chi connectivity index (χ2v) is 12.4. The van der Waals surface area contributed by atoms with Gasteiger partial charge < -0.3 is 4.79 Å². The van der Waals surface area contributed by atoms with Gasteiger partial charge in [-0.2, -0.15) is 6.42 Å². The van der Waals surface area contributed by atoms with E-state index in [9.17, 15) is 0 Å². The molecule has 0 aliphatic rings. The predicted octanol–water partition coefficient (Wildman–Crippen LogP) is 2.27. The minimum atomic E-state index is 0. The predicted molar refractivity (Wildman–Crippen MR) is 44.0 cm³/mol. The van der Waals surface area contributed by atoms with Crippen molar-refractivity contribution in [2.75, 3.05) is 0 Å². The molecule has 0 aromatic rings. The van der Waals surface area contributed by atoms with E-state index in [0.29, 0.717) is 15.9 Å². The first-order valence-corrected chi connectivity index (χ1v) is 10.6. The molecular formula is C3H5I2OVW-. The van der Waals surface area contributed by atoms with Gasteiger partial charge in [-0.15, -0.1) is 0 Å². The maximum Gasteiger partial charge on any atom is 0 e. The van der Waals surface area contributed by atoms with Crippen LogP contribution in [-0.4, -0.2) is 6.29 Å². The van der Waals surface area contributed by atoms with Crippen molar-refractivity contribution in [3.05, 3.63) is 0 Å². The summed E-state index contributed by atoms with van der Waals surface area (Å²) in [6.45, 7) is 1.76. The molecule has 0 rings (SSSR count). The van der Waals surface area contributed by atoms with Crippen LogP contribution in [-0.2, 0) is 35.3 Å². The van der Waals surface area contributed by atoms with E-state index < -0.39 is 0 Å². The normalized spacial score (nSPS) is 4.88. The molecule has 0 aromatic heterocycles. The average Bonchev–Trinajstić information content (AvgIpc) is 1.69. The van der Waals surface area contributed by atoms with Crippen LogP contribution in [0.5, 0.6) is 0 Å². The maximum atomic E-state index is 9.05. The molecule has 5 heteroatoms. The van der Waals surface area contributed by atoms with Crippen LogP contribution in [0.25, 0.3) is 0 Å². The van der Waals surface area contributed by atoms with Crippen LogP contribution in [0, 0.1) is 0 Å². The third-order valence-corrected chi connectivity index (χ3v) is 0.144. The summed E-state index contributed by atoms with van der Waals surface area (Å²) in [5, 5.41) is 0. The summed E-state index contributed by atoms with van der Waals surface area (Å²) in [4.78, 5) is 9.05. The molecule has 0 amide bonds. The molecule has 0 aliphatic carbocycles. The SMILES string of the molecule is CC[C-]=O.[I][V][I].[W]. The summed E-state index contributed by atoms with van der Waals surface area (Å²) in [5.41, 5.74) is 0. The monoisotopic (exact) mass is 546 g/mol. The molecule has 0 saturated heterocycles. The molecule has 0 spiro atoms. The summed E-state index contributed by atoms with van der Waals surface area (Å²) in [5.74, 6) is 0. The Morgan fingerprint density at radius 2 is 1.75 bits per heavy atom. The third-order valence-electron chi connectivity index (χ3n) is 0.144. The van der Waals surface area contributed by atoms with E-state index in [1.54, 1.807) is 13.2 Å². The fourth-order valence-electron chi connectivity index (χ4n) is 0. The minimum Gasteiger partial charge on any atom is 0 e. The van der Waals surface area contributed by atoms with Crippen molar-refractivity contribution < 1.29 is 35.3 Å². The second kappa shape index (κ2) is 22.7. The number of carbonyl (C=O) groups excluding carboxylic acids is 1. The zero-order valence-electron chi connectivity index (χ0n) is 4.23. The number of halogens is 2. The van der Waals surface area contributed by atoms with Crippen LogP contribution in [0.2, 0.25) is 0 Å². The standard InChI is InChI=1S/C3H5O.2HI.V.W/c1-2-3-4;;;;/h2H2,1H3;2*1H;;/q-1;;;+2;/p-2. The largest absolute Gasteiger partial charge is 0 e. The van der Waals surface area contributed by atoms with Crippen molar-refractivity contribution in [2.24, 2.45) is 0 Å². The summed E-state index contributed by atoms with van der Waals surface area (Å²) < 4.78 is 0. The van der Waals surface area contributed by atoms with E-state index in [1.165, 1.54) is 0 Å². The van der Waals surface area contributed by atoms with Crippen molar-refractivity contribution in [1.29, 1.82) is 0 Å². The van der Waals surface area contributed by atoms with Gasteiger partial charge in [0.2, 0.25) is 0 Å². The van der Waals surface area contributed by atoms with Gasteiger partial charge in [-0.25, -0.2) is 0 Å². The number of rotatable bonds is 1. The zero-order chi connectivity index (χ0) is 6.12. The first-order valence-electron chi connectivity index (χ1n) is 1.60. The van der Waals surface area contributed by atoms with Gasteiger partial charge in [0.05, 0.1) is 0 Å². The molecule has 49 valence electrons. The van der Waals surface area contributed by atoms with Gasteiger partial charge in [-0.1, -0.05) is 6.92 Å². The molecule has 0 aromatic carbocycles. The summed E-state index contributed by atoms with van der Waals surface area (Å²) in [6.07, 6.45) is 2.19. The fourth-order valence-corrected chi connectivity index (χ4v) is 0. The molecule has 1 nitrogen and oxygen atoms in total. The minimum absolute atomic E-state index is 0. The van der Waals surface area contributed by atoms with Crippen molar-refractivity contribution in [2.45, 2.75) is 13.3 Å². The Morgan fingerprint density at radius 3 is 1.75 bits per heavy atom. The van der Waals surface area contributed by atoms with Gasteiger partial charge in [-0.05, 0) is 0 Å². The van der Waals surface area contributed by atoms with Crippen molar-refractivity contribution in [3.8, 4) is 0 Å². The number of hydrogen-bond acceptors (Lipinski definition) is 1. The Morgan fingerprint density at radius 1 is 1.62 bits per heavy atom. The Balaban J connectivity index is -0.0000000575. The van der Waals surface area contributed by atoms with Gasteiger partial charge in [0.15, 0.2) is 0 Å². The molecule has 0 bridgehead atoms. The summed E-state index contributed by atoms with van der Waals surface area (Å²) in [7, 11) is 0.628. The van der Waals surface area contributed by atoms with Crippen LogP contribution in [0.4, 0.5) is 0 Å². The molecule has 0 radical (unpaired) electrons. The molecule has 0 fully saturated rings. The fraction of sp³-hybridized carbons (Fsp3) is 0.667. The number of hydrogen-bond donors (Lipinski definition) is 0. The van der Waals surface area contributed by atoms with E-state index in [4.69, 9.17) is 4.79 Å². The van der Waals surface area contributed by atoms with Crippen LogP contribution in [0.1, 0.15) is 13.3 Å². The topological polar surface area (TPSA) is 17.1 Å². The van der Waals surface area contributed by atoms with E-state index in [1.807, 2.05) is 0 Å². The Hall–Kier alpha value is 2.40.